The van der Waals surface area contributed by atoms with Crippen LogP contribution in [0.5, 0.6) is 0 Å². The fourth-order valence-corrected chi connectivity index (χ4v) is 2.36. The summed E-state index contributed by atoms with van der Waals surface area (Å²) < 4.78 is 0. The number of urea groups is 1. The van der Waals surface area contributed by atoms with Crippen molar-refractivity contribution in [3.8, 4) is 0 Å². The molecule has 2 amide bonds. The molecular weight excluding hydrogens is 334 g/mol. The summed E-state index contributed by atoms with van der Waals surface area (Å²) in [5, 5.41) is 20.3. The van der Waals surface area contributed by atoms with Gasteiger partial charge < -0.3 is 26.4 Å². The maximum Gasteiger partial charge on any atom is 0.335 e. The van der Waals surface area contributed by atoms with Crippen LogP contribution in [-0.4, -0.2) is 44.1 Å². The number of rotatable bonds is 5. The zero-order valence-corrected chi connectivity index (χ0v) is 14.8. The summed E-state index contributed by atoms with van der Waals surface area (Å²) >= 11 is 0. The molecule has 26 heavy (non-hydrogen) atoms. The standard InChI is InChI=1S/C18H21N5O3/c1-19-14-8-12(17(24)25)9-15(10-14)23-18(26)22-13-6-4-11(5-7-13)16(20-2)21-3/h4-10,19H,1-3H3,(H,20,21)(H,24,25)(H2,22,23,26). The van der Waals surface area contributed by atoms with Gasteiger partial charge in [-0.05, 0) is 42.5 Å². The van der Waals surface area contributed by atoms with Crippen LogP contribution in [0.15, 0.2) is 47.5 Å². The third-order valence-electron chi connectivity index (χ3n) is 3.60. The highest BCUT2D eigenvalue weighted by Crippen LogP contribution is 2.19. The Hall–Kier alpha value is -3.55. The fourth-order valence-electron chi connectivity index (χ4n) is 2.36. The third kappa shape index (κ3) is 4.73. The molecule has 2 aromatic carbocycles. The van der Waals surface area contributed by atoms with Crippen molar-refractivity contribution in [1.29, 1.82) is 0 Å². The molecule has 0 aliphatic heterocycles. The van der Waals surface area contributed by atoms with E-state index in [1.807, 2.05) is 12.1 Å². The highest BCUT2D eigenvalue weighted by atomic mass is 16.4. The maximum atomic E-state index is 12.2. The number of benzene rings is 2. The largest absolute Gasteiger partial charge is 0.478 e. The Bertz CT molecular complexity index is 831. The molecule has 0 atom stereocenters. The van der Waals surface area contributed by atoms with Gasteiger partial charge in [-0.15, -0.1) is 0 Å². The van der Waals surface area contributed by atoms with Crippen molar-refractivity contribution in [1.82, 2.24) is 5.32 Å². The molecule has 0 aliphatic carbocycles. The lowest BCUT2D eigenvalue weighted by atomic mass is 10.1. The number of hydrogen-bond acceptors (Lipinski definition) is 4. The van der Waals surface area contributed by atoms with Crippen LogP contribution < -0.4 is 21.3 Å². The maximum absolute atomic E-state index is 12.2. The van der Waals surface area contributed by atoms with E-state index in [9.17, 15) is 9.59 Å². The van der Waals surface area contributed by atoms with E-state index < -0.39 is 12.0 Å². The molecule has 0 spiro atoms. The first-order valence-corrected chi connectivity index (χ1v) is 7.86. The van der Waals surface area contributed by atoms with Gasteiger partial charge in [0.1, 0.15) is 5.84 Å². The second kappa shape index (κ2) is 8.52. The Labute approximate surface area is 151 Å². The van der Waals surface area contributed by atoms with Gasteiger partial charge in [0, 0.05) is 43.8 Å². The van der Waals surface area contributed by atoms with Crippen molar-refractivity contribution in [3.63, 3.8) is 0 Å². The molecule has 0 saturated heterocycles. The van der Waals surface area contributed by atoms with E-state index in [1.54, 1.807) is 39.3 Å². The lowest BCUT2D eigenvalue weighted by Gasteiger charge is -2.11. The van der Waals surface area contributed by atoms with Gasteiger partial charge in [-0.25, -0.2) is 9.59 Å². The molecular formula is C18H21N5O3. The van der Waals surface area contributed by atoms with Gasteiger partial charge in [0.15, 0.2) is 0 Å². The van der Waals surface area contributed by atoms with Crippen molar-refractivity contribution >= 4 is 34.9 Å². The number of anilines is 3. The van der Waals surface area contributed by atoms with Crippen LogP contribution in [0, 0.1) is 0 Å². The number of carboxylic acids is 1. The second-order valence-corrected chi connectivity index (χ2v) is 5.33. The molecule has 0 bridgehead atoms. The Morgan fingerprint density at radius 3 is 2.04 bits per heavy atom. The lowest BCUT2D eigenvalue weighted by molar-refractivity contribution is 0.0697. The van der Waals surface area contributed by atoms with Crippen LogP contribution in [0.2, 0.25) is 0 Å². The van der Waals surface area contributed by atoms with Gasteiger partial charge in [-0.2, -0.15) is 0 Å². The third-order valence-corrected chi connectivity index (χ3v) is 3.60. The molecule has 0 aliphatic rings. The number of aliphatic imine (C=N–C) groups is 1. The minimum Gasteiger partial charge on any atom is -0.478 e. The normalized spacial score (nSPS) is 10.8. The van der Waals surface area contributed by atoms with Crippen LogP contribution >= 0.6 is 0 Å². The zero-order valence-electron chi connectivity index (χ0n) is 14.8. The van der Waals surface area contributed by atoms with Crippen LogP contribution in [0.3, 0.4) is 0 Å². The van der Waals surface area contributed by atoms with Gasteiger partial charge >= 0.3 is 12.0 Å². The van der Waals surface area contributed by atoms with Crippen LogP contribution in [-0.2, 0) is 0 Å². The van der Waals surface area contributed by atoms with E-state index in [1.165, 1.54) is 12.1 Å². The van der Waals surface area contributed by atoms with E-state index in [-0.39, 0.29) is 5.56 Å². The van der Waals surface area contributed by atoms with E-state index in [0.717, 1.165) is 11.4 Å². The minimum absolute atomic E-state index is 0.0787. The summed E-state index contributed by atoms with van der Waals surface area (Å²) in [5.41, 5.74) is 2.53. The molecule has 5 N–H and O–H groups in total. The second-order valence-electron chi connectivity index (χ2n) is 5.33. The molecule has 136 valence electrons. The molecule has 0 unspecified atom stereocenters. The molecule has 0 aromatic heterocycles. The van der Waals surface area contributed by atoms with Crippen LogP contribution in [0.25, 0.3) is 0 Å². The number of aromatic carboxylic acids is 1. The predicted molar refractivity (Wildman–Crippen MR) is 104 cm³/mol. The summed E-state index contributed by atoms with van der Waals surface area (Å²) in [4.78, 5) is 27.4. The number of hydrogen-bond donors (Lipinski definition) is 5. The SMILES string of the molecule is CN=C(NC)c1ccc(NC(=O)Nc2cc(NC)cc(C(=O)O)c2)cc1. The van der Waals surface area contributed by atoms with E-state index >= 15 is 0 Å². The number of amidine groups is 1. The summed E-state index contributed by atoms with van der Waals surface area (Å²) in [6, 6.07) is 11.2. The first-order chi connectivity index (χ1) is 12.5. The van der Waals surface area contributed by atoms with E-state index in [2.05, 4.69) is 26.3 Å². The molecule has 0 saturated carbocycles. The molecule has 0 fully saturated rings. The minimum atomic E-state index is -1.07. The van der Waals surface area contributed by atoms with Crippen molar-refractivity contribution < 1.29 is 14.7 Å². The molecule has 8 heteroatoms. The fraction of sp³-hybridized carbons (Fsp3) is 0.167. The highest BCUT2D eigenvalue weighted by Gasteiger charge is 2.09. The summed E-state index contributed by atoms with van der Waals surface area (Å²) in [6.07, 6.45) is 0. The number of amides is 2. The van der Waals surface area contributed by atoms with Gasteiger partial charge in [0.2, 0.25) is 0 Å². The number of carboxylic acid groups (broad SMARTS) is 1. The molecule has 0 radical (unpaired) electrons. The lowest BCUT2D eigenvalue weighted by Crippen LogP contribution is -2.21. The van der Waals surface area contributed by atoms with E-state index in [0.29, 0.717) is 17.1 Å². The number of carbonyl (C=O) groups is 2. The first kappa shape index (κ1) is 18.8. The summed E-state index contributed by atoms with van der Waals surface area (Å²) in [6.45, 7) is 0. The Kier molecular flexibility index (Phi) is 6.15. The summed E-state index contributed by atoms with van der Waals surface area (Å²) in [7, 11) is 5.15. The predicted octanol–water partition coefficient (Wildman–Crippen LogP) is 2.67. The van der Waals surface area contributed by atoms with Crippen molar-refractivity contribution in [2.75, 3.05) is 37.1 Å². The van der Waals surface area contributed by atoms with Crippen molar-refractivity contribution in [2.24, 2.45) is 4.99 Å². The van der Waals surface area contributed by atoms with Gasteiger partial charge in [0.25, 0.3) is 0 Å². The topological polar surface area (TPSA) is 115 Å². The Morgan fingerprint density at radius 2 is 1.50 bits per heavy atom. The van der Waals surface area contributed by atoms with E-state index in [4.69, 9.17) is 5.11 Å². The van der Waals surface area contributed by atoms with Crippen molar-refractivity contribution in [2.45, 2.75) is 0 Å². The number of carbonyl (C=O) groups excluding carboxylic acids is 1. The number of nitrogens with zero attached hydrogens (tertiary/aromatic N) is 1. The smallest absolute Gasteiger partial charge is 0.335 e. The van der Waals surface area contributed by atoms with Crippen molar-refractivity contribution in [3.05, 3.63) is 53.6 Å². The Morgan fingerprint density at radius 1 is 0.885 bits per heavy atom. The average Bonchev–Trinajstić information content (AvgIpc) is 2.63. The van der Waals surface area contributed by atoms with Gasteiger partial charge in [-0.1, -0.05) is 0 Å². The zero-order chi connectivity index (χ0) is 19.1. The monoisotopic (exact) mass is 355 g/mol. The molecule has 2 rings (SSSR count). The first-order valence-electron chi connectivity index (χ1n) is 7.86. The average molecular weight is 355 g/mol. The highest BCUT2D eigenvalue weighted by molar-refractivity contribution is 6.02. The van der Waals surface area contributed by atoms with Gasteiger partial charge in [-0.3, -0.25) is 4.99 Å². The summed E-state index contributed by atoms with van der Waals surface area (Å²) in [5.74, 6) is -0.329. The molecule has 2 aromatic rings. The van der Waals surface area contributed by atoms with Crippen LogP contribution in [0.4, 0.5) is 21.9 Å². The number of nitrogens with one attached hydrogen (secondary N) is 4. The molecule has 0 heterocycles. The quantitative estimate of drug-likeness (QED) is 0.418. The Balaban J connectivity index is 2.09. The molecule has 8 nitrogen and oxygen atoms in total. The van der Waals surface area contributed by atoms with Crippen LogP contribution in [0.1, 0.15) is 15.9 Å². The van der Waals surface area contributed by atoms with Gasteiger partial charge in [0.05, 0.1) is 5.56 Å².